The molecule has 15 heavy (non-hydrogen) atoms. The average Bonchev–Trinajstić information content (AvgIpc) is 2.57. The van der Waals surface area contributed by atoms with E-state index in [9.17, 15) is 12.3 Å². The van der Waals surface area contributed by atoms with E-state index in [0.29, 0.717) is 6.42 Å². The second-order valence-corrected chi connectivity index (χ2v) is 6.31. The Morgan fingerprint density at radius 1 is 1.33 bits per heavy atom. The molecule has 2 rings (SSSR count). The summed E-state index contributed by atoms with van der Waals surface area (Å²) in [6.45, 7) is 0. The van der Waals surface area contributed by atoms with Gasteiger partial charge in [0.1, 0.15) is 0 Å². The summed E-state index contributed by atoms with van der Waals surface area (Å²) >= 11 is 1.69. The molecule has 0 radical (unpaired) electrons. The van der Waals surface area contributed by atoms with Crippen LogP contribution in [-0.2, 0) is 29.5 Å². The van der Waals surface area contributed by atoms with E-state index in [4.69, 9.17) is 0 Å². The van der Waals surface area contributed by atoms with Crippen LogP contribution in [0.4, 0.5) is 3.89 Å². The van der Waals surface area contributed by atoms with Crippen LogP contribution in [0.25, 0.3) is 0 Å². The number of rotatable bonds is 3. The van der Waals surface area contributed by atoms with Gasteiger partial charge in [0, 0.05) is 4.88 Å². The van der Waals surface area contributed by atoms with E-state index in [1.807, 2.05) is 5.38 Å². The largest absolute Gasteiger partial charge is 0.302 e. The molecule has 0 atom stereocenters. The lowest BCUT2D eigenvalue weighted by molar-refractivity contribution is 0.551. The van der Waals surface area contributed by atoms with Crippen LogP contribution in [-0.4, -0.2) is 14.2 Å². The third-order valence-corrected chi connectivity index (χ3v) is 4.59. The molecule has 1 aromatic rings. The Labute approximate surface area is 93.3 Å². The third kappa shape index (κ3) is 2.78. The second kappa shape index (κ2) is 4.22. The molecule has 0 spiro atoms. The molecule has 0 N–H and O–H groups in total. The molecule has 0 aromatic carbocycles. The van der Waals surface area contributed by atoms with Gasteiger partial charge in [-0.25, -0.2) is 0 Å². The van der Waals surface area contributed by atoms with Crippen LogP contribution in [0.2, 0.25) is 0 Å². The highest BCUT2D eigenvalue weighted by Crippen LogP contribution is 2.30. The number of halogens is 1. The average molecular weight is 248 g/mol. The maximum absolute atomic E-state index is 12.4. The molecule has 0 aliphatic heterocycles. The summed E-state index contributed by atoms with van der Waals surface area (Å²) in [5, 5.41) is 1.99. The van der Waals surface area contributed by atoms with Gasteiger partial charge in [-0.3, -0.25) is 0 Å². The lowest BCUT2D eigenvalue weighted by atomic mass is 9.95. The quantitative estimate of drug-likeness (QED) is 0.770. The minimum atomic E-state index is -4.32. The Kier molecular flexibility index (Phi) is 3.11. The molecule has 5 heteroatoms. The fourth-order valence-corrected chi connectivity index (χ4v) is 3.65. The number of thiophene rings is 1. The van der Waals surface area contributed by atoms with Crippen LogP contribution in [0.1, 0.15) is 28.8 Å². The number of hydrogen-bond acceptors (Lipinski definition) is 3. The van der Waals surface area contributed by atoms with Crippen molar-refractivity contribution >= 4 is 21.6 Å². The maximum Gasteiger partial charge on any atom is 0.302 e. The lowest BCUT2D eigenvalue weighted by Crippen LogP contribution is -2.06. The maximum atomic E-state index is 12.4. The molecule has 2 nitrogen and oxygen atoms in total. The standard InChI is InChI=1S/C10H13FO2S2/c11-15(12,13)6-5-8-7-14-10-4-2-1-3-9(8)10/h7H,1-6H2. The summed E-state index contributed by atoms with van der Waals surface area (Å²) in [4.78, 5) is 1.37. The van der Waals surface area contributed by atoms with Crippen LogP contribution in [0, 0.1) is 0 Å². The first-order chi connectivity index (χ1) is 7.06. The van der Waals surface area contributed by atoms with E-state index < -0.39 is 10.2 Å². The van der Waals surface area contributed by atoms with Crippen LogP contribution in [0.3, 0.4) is 0 Å². The van der Waals surface area contributed by atoms with Gasteiger partial charge in [0.05, 0.1) is 5.75 Å². The first kappa shape index (κ1) is 11.1. The third-order valence-electron chi connectivity index (χ3n) is 2.76. The molecule has 1 aromatic heterocycles. The molecular weight excluding hydrogens is 235 g/mol. The summed E-state index contributed by atoms with van der Waals surface area (Å²) in [5.41, 5.74) is 2.32. The molecule has 1 aliphatic carbocycles. The van der Waals surface area contributed by atoms with E-state index in [1.165, 1.54) is 23.3 Å². The monoisotopic (exact) mass is 248 g/mol. The molecule has 0 saturated heterocycles. The Morgan fingerprint density at radius 3 is 2.80 bits per heavy atom. The molecule has 0 unspecified atom stereocenters. The van der Waals surface area contributed by atoms with E-state index >= 15 is 0 Å². The smallest absolute Gasteiger partial charge is 0.195 e. The van der Waals surface area contributed by atoms with Gasteiger partial charge in [-0.05, 0) is 48.6 Å². The zero-order chi connectivity index (χ0) is 10.9. The van der Waals surface area contributed by atoms with Crippen molar-refractivity contribution in [2.45, 2.75) is 32.1 Å². The highest BCUT2D eigenvalue weighted by molar-refractivity contribution is 7.86. The van der Waals surface area contributed by atoms with Crippen molar-refractivity contribution in [3.8, 4) is 0 Å². The molecule has 0 saturated carbocycles. The second-order valence-electron chi connectivity index (χ2n) is 3.86. The van der Waals surface area contributed by atoms with Crippen LogP contribution >= 0.6 is 11.3 Å². The van der Waals surface area contributed by atoms with Gasteiger partial charge in [0.25, 0.3) is 0 Å². The van der Waals surface area contributed by atoms with E-state index in [0.717, 1.165) is 18.4 Å². The van der Waals surface area contributed by atoms with Gasteiger partial charge in [-0.15, -0.1) is 15.2 Å². The van der Waals surface area contributed by atoms with Crippen molar-refractivity contribution in [3.05, 3.63) is 21.4 Å². The van der Waals surface area contributed by atoms with Crippen LogP contribution in [0.15, 0.2) is 5.38 Å². The Balaban J connectivity index is 2.12. The zero-order valence-electron chi connectivity index (χ0n) is 8.33. The highest BCUT2D eigenvalue weighted by atomic mass is 32.3. The number of hydrogen-bond donors (Lipinski definition) is 0. The highest BCUT2D eigenvalue weighted by Gasteiger charge is 2.17. The van der Waals surface area contributed by atoms with Gasteiger partial charge in [-0.1, -0.05) is 0 Å². The van der Waals surface area contributed by atoms with Crippen molar-refractivity contribution < 1.29 is 12.3 Å². The predicted molar refractivity (Wildman–Crippen MR) is 59.6 cm³/mol. The van der Waals surface area contributed by atoms with Crippen LogP contribution < -0.4 is 0 Å². The first-order valence-corrected chi connectivity index (χ1v) is 7.50. The summed E-state index contributed by atoms with van der Waals surface area (Å²) in [6.07, 6.45) is 4.83. The fourth-order valence-electron chi connectivity index (χ4n) is 2.00. The lowest BCUT2D eigenvalue weighted by Gasteiger charge is -2.12. The minimum absolute atomic E-state index is 0.324. The molecule has 84 valence electrons. The van der Waals surface area contributed by atoms with Crippen molar-refractivity contribution in [2.24, 2.45) is 0 Å². The molecule has 0 amide bonds. The summed E-state index contributed by atoms with van der Waals surface area (Å²) in [5.74, 6) is -0.379. The number of aryl methyl sites for hydroxylation is 2. The molecular formula is C10H13FO2S2. The van der Waals surface area contributed by atoms with Crippen molar-refractivity contribution in [1.82, 2.24) is 0 Å². The Hall–Kier alpha value is -0.420. The van der Waals surface area contributed by atoms with Crippen molar-refractivity contribution in [3.63, 3.8) is 0 Å². The fraction of sp³-hybridized carbons (Fsp3) is 0.600. The van der Waals surface area contributed by atoms with Gasteiger partial charge in [-0.2, -0.15) is 8.42 Å². The Morgan fingerprint density at radius 2 is 2.07 bits per heavy atom. The van der Waals surface area contributed by atoms with Gasteiger partial charge in [0.15, 0.2) is 0 Å². The van der Waals surface area contributed by atoms with Crippen molar-refractivity contribution in [1.29, 1.82) is 0 Å². The Bertz CT molecular complexity index is 448. The summed E-state index contributed by atoms with van der Waals surface area (Å²) in [7, 11) is -4.32. The summed E-state index contributed by atoms with van der Waals surface area (Å²) in [6, 6.07) is 0. The topological polar surface area (TPSA) is 34.1 Å². The molecule has 0 bridgehead atoms. The SMILES string of the molecule is O=S(=O)(F)CCc1csc2c1CCCC2. The van der Waals surface area contributed by atoms with E-state index in [1.54, 1.807) is 11.3 Å². The van der Waals surface area contributed by atoms with Gasteiger partial charge < -0.3 is 0 Å². The van der Waals surface area contributed by atoms with E-state index in [-0.39, 0.29) is 5.75 Å². The number of fused-ring (bicyclic) bond motifs is 1. The van der Waals surface area contributed by atoms with Gasteiger partial charge >= 0.3 is 10.2 Å². The normalized spacial score (nSPS) is 16.3. The minimum Gasteiger partial charge on any atom is -0.195 e. The van der Waals surface area contributed by atoms with E-state index in [2.05, 4.69) is 0 Å². The zero-order valence-corrected chi connectivity index (χ0v) is 9.96. The molecule has 1 heterocycles. The molecule has 0 fully saturated rings. The van der Waals surface area contributed by atoms with Gasteiger partial charge in [0.2, 0.25) is 0 Å². The predicted octanol–water partition coefficient (Wildman–Crippen LogP) is 2.47. The first-order valence-electron chi connectivity index (χ1n) is 5.07. The molecule has 1 aliphatic rings. The van der Waals surface area contributed by atoms with Crippen molar-refractivity contribution in [2.75, 3.05) is 5.75 Å². The van der Waals surface area contributed by atoms with Crippen LogP contribution in [0.5, 0.6) is 0 Å². The summed E-state index contributed by atoms with van der Waals surface area (Å²) < 4.78 is 33.3.